The molecule has 1 heterocycles. The average Bonchev–Trinajstić information content (AvgIpc) is 2.46. The van der Waals surface area contributed by atoms with Gasteiger partial charge in [-0.15, -0.1) is 12.4 Å². The van der Waals surface area contributed by atoms with Crippen molar-refractivity contribution >= 4 is 22.4 Å². The Morgan fingerprint density at radius 3 is 2.57 bits per heavy atom. The summed E-state index contributed by atoms with van der Waals surface area (Å²) in [5.74, 6) is 0.708. The smallest absolute Gasteiger partial charge is 0.243 e. The zero-order chi connectivity index (χ0) is 14.6. The highest BCUT2D eigenvalue weighted by Crippen LogP contribution is 2.22. The van der Waals surface area contributed by atoms with E-state index in [9.17, 15) is 8.42 Å². The van der Waals surface area contributed by atoms with Crippen LogP contribution in [0.3, 0.4) is 0 Å². The predicted octanol–water partition coefficient (Wildman–Crippen LogP) is 1.88. The Morgan fingerprint density at radius 1 is 1.33 bits per heavy atom. The minimum Gasteiger partial charge on any atom is -0.494 e. The third kappa shape index (κ3) is 4.32. The second-order valence-corrected chi connectivity index (χ2v) is 6.88. The summed E-state index contributed by atoms with van der Waals surface area (Å²) in [5, 5.41) is 3.19. The Bertz CT molecular complexity index is 534. The average molecular weight is 335 g/mol. The molecule has 1 aliphatic heterocycles. The molecule has 0 spiro atoms. The van der Waals surface area contributed by atoms with Crippen LogP contribution in [-0.2, 0) is 10.0 Å². The predicted molar refractivity (Wildman–Crippen MR) is 85.7 cm³/mol. The maximum atomic E-state index is 12.6. The van der Waals surface area contributed by atoms with E-state index in [0.29, 0.717) is 36.9 Å². The van der Waals surface area contributed by atoms with E-state index in [2.05, 4.69) is 5.32 Å². The van der Waals surface area contributed by atoms with Crippen LogP contribution in [0.15, 0.2) is 29.2 Å². The van der Waals surface area contributed by atoms with E-state index in [1.807, 2.05) is 13.8 Å². The van der Waals surface area contributed by atoms with E-state index in [4.69, 9.17) is 4.74 Å². The summed E-state index contributed by atoms with van der Waals surface area (Å²) in [6.45, 7) is 6.49. The number of nitrogens with one attached hydrogen (secondary N) is 1. The normalized spacial score (nSPS) is 19.8. The minimum absolute atomic E-state index is 0. The number of benzene rings is 1. The molecule has 0 saturated carbocycles. The zero-order valence-corrected chi connectivity index (χ0v) is 14.0. The molecule has 1 aliphatic rings. The largest absolute Gasteiger partial charge is 0.494 e. The highest BCUT2D eigenvalue weighted by molar-refractivity contribution is 7.89. The second-order valence-electron chi connectivity index (χ2n) is 4.99. The lowest BCUT2D eigenvalue weighted by atomic mass is 10.3. The molecule has 120 valence electrons. The van der Waals surface area contributed by atoms with Crippen LogP contribution in [0, 0.1) is 0 Å². The molecule has 1 fully saturated rings. The molecule has 0 bridgehead atoms. The number of rotatable bonds is 5. The first-order valence-corrected chi connectivity index (χ1v) is 8.45. The Hall–Kier alpha value is -0.820. The number of nitrogens with zero attached hydrogens (tertiary/aromatic N) is 1. The molecule has 1 N–H and O–H groups in total. The van der Waals surface area contributed by atoms with Gasteiger partial charge in [0.25, 0.3) is 0 Å². The number of ether oxygens (including phenoxy) is 1. The highest BCUT2D eigenvalue weighted by atomic mass is 35.5. The lowest BCUT2D eigenvalue weighted by Gasteiger charge is -2.32. The standard InChI is InChI=1S/C14H22N2O3S.ClH/c1-3-10-19-13-4-6-14(7-5-13)20(17,18)16-9-8-15-11-12(16)2;/h4-7,12,15H,3,8-11H2,1-2H3;1H/t12-;/m1./s1. The van der Waals surface area contributed by atoms with Crippen molar-refractivity contribution in [3.05, 3.63) is 24.3 Å². The van der Waals surface area contributed by atoms with E-state index in [-0.39, 0.29) is 18.4 Å². The van der Waals surface area contributed by atoms with Gasteiger partial charge in [-0.25, -0.2) is 8.42 Å². The van der Waals surface area contributed by atoms with Crippen molar-refractivity contribution in [1.29, 1.82) is 0 Å². The van der Waals surface area contributed by atoms with Gasteiger partial charge in [0.1, 0.15) is 5.75 Å². The first-order chi connectivity index (χ1) is 9.55. The summed E-state index contributed by atoms with van der Waals surface area (Å²) in [6.07, 6.45) is 0.929. The molecule has 1 aromatic rings. The van der Waals surface area contributed by atoms with Gasteiger partial charge in [0, 0.05) is 25.7 Å². The van der Waals surface area contributed by atoms with Crippen molar-refractivity contribution in [2.24, 2.45) is 0 Å². The topological polar surface area (TPSA) is 58.6 Å². The SMILES string of the molecule is CCCOc1ccc(S(=O)(=O)N2CCNC[C@H]2C)cc1.Cl. The Balaban J connectivity index is 0.00000220. The van der Waals surface area contributed by atoms with E-state index < -0.39 is 10.0 Å². The molecule has 1 atom stereocenters. The van der Waals surface area contributed by atoms with Gasteiger partial charge in [-0.2, -0.15) is 4.31 Å². The summed E-state index contributed by atoms with van der Waals surface area (Å²) in [6, 6.07) is 6.65. The number of halogens is 1. The molecule has 0 aromatic heterocycles. The van der Waals surface area contributed by atoms with Crippen molar-refractivity contribution in [2.45, 2.75) is 31.2 Å². The fourth-order valence-electron chi connectivity index (χ4n) is 2.24. The molecule has 2 rings (SSSR count). The van der Waals surface area contributed by atoms with Crippen molar-refractivity contribution < 1.29 is 13.2 Å². The van der Waals surface area contributed by atoms with Gasteiger partial charge in [-0.1, -0.05) is 6.92 Å². The molecular formula is C14H23ClN2O3S. The van der Waals surface area contributed by atoms with Gasteiger partial charge in [-0.05, 0) is 37.6 Å². The molecule has 5 nitrogen and oxygen atoms in total. The quantitative estimate of drug-likeness (QED) is 0.893. The Morgan fingerprint density at radius 2 is 2.00 bits per heavy atom. The van der Waals surface area contributed by atoms with Crippen LogP contribution in [0.5, 0.6) is 5.75 Å². The van der Waals surface area contributed by atoms with Crippen LogP contribution >= 0.6 is 12.4 Å². The van der Waals surface area contributed by atoms with Crippen LogP contribution in [-0.4, -0.2) is 45.0 Å². The van der Waals surface area contributed by atoms with Crippen LogP contribution in [0.1, 0.15) is 20.3 Å². The van der Waals surface area contributed by atoms with Crippen molar-refractivity contribution in [1.82, 2.24) is 9.62 Å². The lowest BCUT2D eigenvalue weighted by molar-refractivity contribution is 0.284. The van der Waals surface area contributed by atoms with Crippen molar-refractivity contribution in [3.63, 3.8) is 0 Å². The number of piperazine rings is 1. The first kappa shape index (κ1) is 18.2. The Labute approximate surface area is 133 Å². The van der Waals surface area contributed by atoms with Gasteiger partial charge in [0.05, 0.1) is 11.5 Å². The lowest BCUT2D eigenvalue weighted by Crippen LogP contribution is -2.52. The summed E-state index contributed by atoms with van der Waals surface area (Å²) in [7, 11) is -3.41. The number of hydrogen-bond donors (Lipinski definition) is 1. The molecular weight excluding hydrogens is 312 g/mol. The first-order valence-electron chi connectivity index (χ1n) is 7.01. The highest BCUT2D eigenvalue weighted by Gasteiger charge is 2.30. The summed E-state index contributed by atoms with van der Waals surface area (Å²) in [4.78, 5) is 0.329. The molecule has 0 unspecified atom stereocenters. The Kier molecular flexibility index (Phi) is 6.93. The second kappa shape index (κ2) is 7.98. The van der Waals surface area contributed by atoms with Gasteiger partial charge >= 0.3 is 0 Å². The van der Waals surface area contributed by atoms with Gasteiger partial charge in [0.2, 0.25) is 10.0 Å². The van der Waals surface area contributed by atoms with Crippen LogP contribution in [0.25, 0.3) is 0 Å². The molecule has 0 amide bonds. The maximum absolute atomic E-state index is 12.6. The van der Waals surface area contributed by atoms with Crippen LogP contribution < -0.4 is 10.1 Å². The van der Waals surface area contributed by atoms with Crippen LogP contribution in [0.2, 0.25) is 0 Å². The summed E-state index contributed by atoms with van der Waals surface area (Å²) >= 11 is 0. The van der Waals surface area contributed by atoms with E-state index >= 15 is 0 Å². The minimum atomic E-state index is -3.41. The number of hydrogen-bond acceptors (Lipinski definition) is 4. The molecule has 0 aliphatic carbocycles. The third-order valence-electron chi connectivity index (χ3n) is 3.34. The van der Waals surface area contributed by atoms with Gasteiger partial charge in [-0.3, -0.25) is 0 Å². The molecule has 1 saturated heterocycles. The summed E-state index contributed by atoms with van der Waals surface area (Å²) < 4.78 is 32.2. The summed E-state index contributed by atoms with van der Waals surface area (Å²) in [5.41, 5.74) is 0. The van der Waals surface area contributed by atoms with E-state index in [1.54, 1.807) is 28.6 Å². The van der Waals surface area contributed by atoms with Crippen molar-refractivity contribution in [2.75, 3.05) is 26.2 Å². The maximum Gasteiger partial charge on any atom is 0.243 e. The van der Waals surface area contributed by atoms with Gasteiger partial charge in [0.15, 0.2) is 0 Å². The van der Waals surface area contributed by atoms with Crippen LogP contribution in [0.4, 0.5) is 0 Å². The van der Waals surface area contributed by atoms with Crippen molar-refractivity contribution in [3.8, 4) is 5.75 Å². The fourth-order valence-corrected chi connectivity index (χ4v) is 3.87. The zero-order valence-electron chi connectivity index (χ0n) is 12.4. The fraction of sp³-hybridized carbons (Fsp3) is 0.571. The molecule has 1 aromatic carbocycles. The third-order valence-corrected chi connectivity index (χ3v) is 5.37. The molecule has 0 radical (unpaired) electrons. The van der Waals surface area contributed by atoms with E-state index in [0.717, 1.165) is 6.42 Å². The van der Waals surface area contributed by atoms with Gasteiger partial charge < -0.3 is 10.1 Å². The monoisotopic (exact) mass is 334 g/mol. The molecule has 21 heavy (non-hydrogen) atoms. The van der Waals surface area contributed by atoms with E-state index in [1.165, 1.54) is 0 Å². The molecule has 7 heteroatoms. The number of sulfonamides is 1.